The van der Waals surface area contributed by atoms with Gasteiger partial charge in [-0.3, -0.25) is 0 Å². The third-order valence-corrected chi connectivity index (χ3v) is 3.97. The maximum atomic E-state index is 12.4. The van der Waals surface area contributed by atoms with Gasteiger partial charge >= 0.3 is 6.03 Å². The lowest BCUT2D eigenvalue weighted by Gasteiger charge is -2.20. The lowest BCUT2D eigenvalue weighted by Crippen LogP contribution is -2.39. The molecule has 8 nitrogen and oxygen atoms in total. The number of amides is 2. The van der Waals surface area contributed by atoms with Crippen LogP contribution in [-0.2, 0) is 6.54 Å². The monoisotopic (exact) mass is 342 g/mol. The van der Waals surface area contributed by atoms with Crippen molar-refractivity contribution < 1.29 is 9.32 Å². The van der Waals surface area contributed by atoms with E-state index in [0.717, 1.165) is 22.4 Å². The minimum Gasteiger partial charge on any atom is -0.340 e. The third kappa shape index (κ3) is 3.78. The number of aromatic nitrogens is 4. The molecule has 0 saturated carbocycles. The molecule has 3 rings (SSSR count). The van der Waals surface area contributed by atoms with Crippen LogP contribution in [0.4, 0.5) is 4.79 Å². The number of rotatable bonds is 5. The summed E-state index contributed by atoms with van der Waals surface area (Å²) in [4.78, 5) is 26.0. The smallest absolute Gasteiger partial charge is 0.318 e. The minimum atomic E-state index is -0.311. The van der Waals surface area contributed by atoms with Gasteiger partial charge in [0.1, 0.15) is 11.9 Å². The molecule has 1 aromatic carbocycles. The zero-order valence-corrected chi connectivity index (χ0v) is 14.8. The number of carbonyl (C=O) groups is 1. The minimum absolute atomic E-state index is 0.223. The molecule has 0 aliphatic heterocycles. The van der Waals surface area contributed by atoms with Crippen molar-refractivity contribution in [2.75, 3.05) is 7.05 Å². The summed E-state index contributed by atoms with van der Waals surface area (Å²) in [6.45, 7) is 6.10. The maximum absolute atomic E-state index is 12.4. The summed E-state index contributed by atoms with van der Waals surface area (Å²) in [5, 5.41) is 6.68. The first kappa shape index (κ1) is 16.9. The average Bonchev–Trinajstić information content (AvgIpc) is 3.17. The van der Waals surface area contributed by atoms with Gasteiger partial charge in [-0.1, -0.05) is 18.1 Å². The molecule has 0 aliphatic carbocycles. The second-order valence-corrected chi connectivity index (χ2v) is 6.15. The molecule has 0 saturated heterocycles. The van der Waals surface area contributed by atoms with Crippen LogP contribution in [0.25, 0.3) is 11.0 Å². The summed E-state index contributed by atoms with van der Waals surface area (Å²) in [5.41, 5.74) is 3.02. The van der Waals surface area contributed by atoms with Gasteiger partial charge in [0.15, 0.2) is 5.82 Å². The Morgan fingerprint density at radius 3 is 2.84 bits per heavy atom. The molecule has 1 atom stereocenters. The van der Waals surface area contributed by atoms with Crippen molar-refractivity contribution in [3.8, 4) is 0 Å². The van der Waals surface area contributed by atoms with E-state index < -0.39 is 0 Å². The Hall–Kier alpha value is -2.90. The third-order valence-electron chi connectivity index (χ3n) is 3.97. The number of urea groups is 1. The fraction of sp³-hybridized carbons (Fsp3) is 0.412. The van der Waals surface area contributed by atoms with E-state index in [9.17, 15) is 4.79 Å². The second-order valence-electron chi connectivity index (χ2n) is 6.15. The molecule has 2 heterocycles. The highest BCUT2D eigenvalue weighted by molar-refractivity contribution is 5.76. The van der Waals surface area contributed by atoms with E-state index >= 15 is 0 Å². The topological polar surface area (TPSA) is 99.9 Å². The highest BCUT2D eigenvalue weighted by atomic mass is 16.5. The molecule has 8 heteroatoms. The van der Waals surface area contributed by atoms with Gasteiger partial charge in [0.05, 0.1) is 17.6 Å². The second kappa shape index (κ2) is 6.92. The number of benzene rings is 1. The largest absolute Gasteiger partial charge is 0.340 e. The van der Waals surface area contributed by atoms with Gasteiger partial charge in [-0.2, -0.15) is 4.98 Å². The number of nitrogens with zero attached hydrogens (tertiary/aromatic N) is 4. The summed E-state index contributed by atoms with van der Waals surface area (Å²) in [6.07, 6.45) is 0.658. The van der Waals surface area contributed by atoms with Crippen molar-refractivity contribution in [1.82, 2.24) is 30.3 Å². The number of hydrogen-bond donors (Lipinski definition) is 2. The van der Waals surface area contributed by atoms with Crippen LogP contribution >= 0.6 is 0 Å². The average molecular weight is 342 g/mol. The van der Waals surface area contributed by atoms with E-state index in [1.807, 2.05) is 32.0 Å². The first-order valence-electron chi connectivity index (χ1n) is 8.23. The fourth-order valence-electron chi connectivity index (χ4n) is 2.60. The highest BCUT2D eigenvalue weighted by Crippen LogP contribution is 2.16. The molecule has 25 heavy (non-hydrogen) atoms. The van der Waals surface area contributed by atoms with E-state index in [1.165, 1.54) is 0 Å². The van der Waals surface area contributed by atoms with E-state index in [2.05, 4.69) is 25.4 Å². The summed E-state index contributed by atoms with van der Waals surface area (Å²) in [6, 6.07) is 5.49. The van der Waals surface area contributed by atoms with Gasteiger partial charge in [-0.15, -0.1) is 0 Å². The van der Waals surface area contributed by atoms with E-state index in [-0.39, 0.29) is 12.1 Å². The van der Waals surface area contributed by atoms with Gasteiger partial charge in [0.25, 0.3) is 0 Å². The Bertz CT molecular complexity index is 884. The number of nitrogens with one attached hydrogen (secondary N) is 2. The number of aromatic amines is 1. The fourth-order valence-corrected chi connectivity index (χ4v) is 2.60. The molecule has 0 spiro atoms. The Morgan fingerprint density at radius 2 is 2.16 bits per heavy atom. The van der Waals surface area contributed by atoms with Gasteiger partial charge in [-0.05, 0) is 38.0 Å². The Labute approximate surface area is 145 Å². The molecule has 0 radical (unpaired) electrons. The number of carbonyl (C=O) groups excluding carboxylic acids is 1. The zero-order valence-electron chi connectivity index (χ0n) is 14.8. The normalized spacial score (nSPS) is 12.3. The summed E-state index contributed by atoms with van der Waals surface area (Å²) >= 11 is 0. The highest BCUT2D eigenvalue weighted by Gasteiger charge is 2.21. The maximum Gasteiger partial charge on any atom is 0.318 e. The van der Waals surface area contributed by atoms with E-state index in [0.29, 0.717) is 24.7 Å². The van der Waals surface area contributed by atoms with Crippen LogP contribution in [0, 0.1) is 13.8 Å². The molecule has 3 aromatic rings. The summed E-state index contributed by atoms with van der Waals surface area (Å²) in [7, 11) is 1.72. The van der Waals surface area contributed by atoms with Crippen LogP contribution in [0.1, 0.15) is 42.5 Å². The lowest BCUT2D eigenvalue weighted by atomic mass is 10.2. The molecule has 0 bridgehead atoms. The van der Waals surface area contributed by atoms with Gasteiger partial charge < -0.3 is 19.7 Å². The van der Waals surface area contributed by atoms with Crippen molar-refractivity contribution in [3.63, 3.8) is 0 Å². The van der Waals surface area contributed by atoms with E-state index in [1.54, 1.807) is 18.9 Å². The Morgan fingerprint density at radius 1 is 1.36 bits per heavy atom. The van der Waals surface area contributed by atoms with Crippen LogP contribution in [-0.4, -0.2) is 38.1 Å². The molecule has 0 aliphatic rings. The number of aryl methyl sites for hydroxylation is 2. The first-order chi connectivity index (χ1) is 12.0. The molecule has 2 N–H and O–H groups in total. The van der Waals surface area contributed by atoms with Crippen LogP contribution in [0.2, 0.25) is 0 Å². The predicted octanol–water partition coefficient (Wildman–Crippen LogP) is 2.86. The zero-order chi connectivity index (χ0) is 18.0. The van der Waals surface area contributed by atoms with Crippen molar-refractivity contribution in [3.05, 3.63) is 41.3 Å². The van der Waals surface area contributed by atoms with Crippen LogP contribution in [0.15, 0.2) is 22.7 Å². The molecule has 2 amide bonds. The van der Waals surface area contributed by atoms with Crippen molar-refractivity contribution in [2.45, 2.75) is 39.8 Å². The van der Waals surface area contributed by atoms with Gasteiger partial charge in [-0.25, -0.2) is 9.78 Å². The molecule has 132 valence electrons. The molecule has 0 unspecified atom stereocenters. The van der Waals surface area contributed by atoms with E-state index in [4.69, 9.17) is 4.52 Å². The first-order valence-corrected chi connectivity index (χ1v) is 8.23. The van der Waals surface area contributed by atoms with Crippen molar-refractivity contribution in [1.29, 1.82) is 0 Å². The molecular weight excluding hydrogens is 320 g/mol. The summed E-state index contributed by atoms with van der Waals surface area (Å²) in [5.74, 6) is 1.70. The molecular formula is C17H22N6O2. The predicted molar refractivity (Wildman–Crippen MR) is 92.9 cm³/mol. The van der Waals surface area contributed by atoms with Gasteiger partial charge in [0, 0.05) is 7.05 Å². The van der Waals surface area contributed by atoms with Gasteiger partial charge in [0.2, 0.25) is 5.89 Å². The Kier molecular flexibility index (Phi) is 4.69. The van der Waals surface area contributed by atoms with Crippen LogP contribution < -0.4 is 5.32 Å². The SMILES string of the molecule is CC[C@H](NC(=O)N(C)Cc1nc2ccc(C)cc2[nH]1)c1nc(C)no1. The molecule has 0 fully saturated rings. The van der Waals surface area contributed by atoms with Crippen molar-refractivity contribution in [2.24, 2.45) is 0 Å². The number of H-pyrrole nitrogens is 1. The standard InChI is InChI=1S/C17H22N6O2/c1-5-12(16-18-11(3)22-25-16)21-17(24)23(4)9-15-19-13-7-6-10(2)8-14(13)20-15/h6-8,12H,5,9H2,1-4H3,(H,19,20)(H,21,24)/t12-/m0/s1. The summed E-state index contributed by atoms with van der Waals surface area (Å²) < 4.78 is 5.15. The number of imidazole rings is 1. The van der Waals surface area contributed by atoms with Crippen LogP contribution in [0.3, 0.4) is 0 Å². The molecule has 2 aromatic heterocycles. The van der Waals surface area contributed by atoms with Crippen LogP contribution in [0.5, 0.6) is 0 Å². The number of fused-ring (bicyclic) bond motifs is 1. The number of hydrogen-bond acceptors (Lipinski definition) is 5. The lowest BCUT2D eigenvalue weighted by molar-refractivity contribution is 0.197. The Balaban J connectivity index is 1.66. The van der Waals surface area contributed by atoms with Crippen molar-refractivity contribution >= 4 is 17.1 Å². The quantitative estimate of drug-likeness (QED) is 0.742.